The van der Waals surface area contributed by atoms with E-state index in [4.69, 9.17) is 11.6 Å². The summed E-state index contributed by atoms with van der Waals surface area (Å²) in [5.74, 6) is -0.210. The fraction of sp³-hybridized carbons (Fsp3) is 0.345. The number of piperazine rings is 1. The number of hydrogen-bond acceptors (Lipinski definition) is 4. The Morgan fingerprint density at radius 3 is 2.17 bits per heavy atom. The van der Waals surface area contributed by atoms with Gasteiger partial charge in [0.15, 0.2) is 9.84 Å². The normalized spacial score (nSPS) is 14.2. The molecule has 0 radical (unpaired) electrons. The zero-order valence-corrected chi connectivity index (χ0v) is 22.5. The molecule has 3 aromatic rings. The molecule has 1 aliphatic rings. The van der Waals surface area contributed by atoms with E-state index in [0.717, 1.165) is 36.1 Å². The van der Waals surface area contributed by atoms with Gasteiger partial charge >= 0.3 is 0 Å². The van der Waals surface area contributed by atoms with Gasteiger partial charge in [-0.1, -0.05) is 55.3 Å². The van der Waals surface area contributed by atoms with Crippen molar-refractivity contribution in [3.63, 3.8) is 0 Å². The highest BCUT2D eigenvalue weighted by molar-refractivity contribution is 7.90. The van der Waals surface area contributed by atoms with Gasteiger partial charge in [0.25, 0.3) is 5.91 Å². The van der Waals surface area contributed by atoms with E-state index in [0.29, 0.717) is 36.8 Å². The van der Waals surface area contributed by atoms with Crippen LogP contribution < -0.4 is 4.90 Å². The molecule has 0 atom stereocenters. The molecule has 0 aromatic heterocycles. The van der Waals surface area contributed by atoms with Crippen LogP contribution in [-0.4, -0.2) is 45.4 Å². The molecule has 1 fully saturated rings. The number of benzene rings is 3. The van der Waals surface area contributed by atoms with Crippen LogP contribution in [0.15, 0.2) is 71.6 Å². The number of amides is 1. The molecule has 0 bridgehead atoms. The molecule has 1 saturated heterocycles. The van der Waals surface area contributed by atoms with E-state index in [9.17, 15) is 13.2 Å². The Balaban J connectivity index is 1.44. The van der Waals surface area contributed by atoms with Gasteiger partial charge in [-0.05, 0) is 72.9 Å². The fourth-order valence-corrected chi connectivity index (χ4v) is 6.00. The lowest BCUT2D eigenvalue weighted by atomic mass is 10.1. The molecule has 7 heteroatoms. The summed E-state index contributed by atoms with van der Waals surface area (Å²) in [6, 6.07) is 20.4. The number of nitrogens with zero attached hydrogens (tertiary/aromatic N) is 2. The highest BCUT2D eigenvalue weighted by atomic mass is 35.5. The predicted octanol–water partition coefficient (Wildman–Crippen LogP) is 5.93. The Kier molecular flexibility index (Phi) is 8.37. The summed E-state index contributed by atoms with van der Waals surface area (Å²) < 4.78 is 26.4. The van der Waals surface area contributed by atoms with E-state index in [1.54, 1.807) is 23.1 Å². The molecule has 190 valence electrons. The Hall–Kier alpha value is -2.83. The highest BCUT2D eigenvalue weighted by Gasteiger charge is 2.25. The lowest BCUT2D eigenvalue weighted by molar-refractivity contribution is 0.0746. The van der Waals surface area contributed by atoms with Gasteiger partial charge in [0.05, 0.1) is 10.6 Å². The van der Waals surface area contributed by atoms with Gasteiger partial charge in [-0.15, -0.1) is 0 Å². The molecule has 36 heavy (non-hydrogen) atoms. The fourth-order valence-electron chi connectivity index (χ4n) is 4.50. The van der Waals surface area contributed by atoms with Gasteiger partial charge in [-0.25, -0.2) is 8.42 Å². The van der Waals surface area contributed by atoms with Gasteiger partial charge in [-0.2, -0.15) is 0 Å². The smallest absolute Gasteiger partial charge is 0.254 e. The van der Waals surface area contributed by atoms with Crippen LogP contribution in [0.3, 0.4) is 0 Å². The third-order valence-electron chi connectivity index (χ3n) is 6.76. The molecule has 0 saturated carbocycles. The minimum atomic E-state index is -3.58. The van der Waals surface area contributed by atoms with Crippen molar-refractivity contribution >= 4 is 33.0 Å². The zero-order valence-electron chi connectivity index (χ0n) is 20.9. The van der Waals surface area contributed by atoms with E-state index >= 15 is 0 Å². The monoisotopic (exact) mass is 524 g/mol. The molecular weight excluding hydrogens is 492 g/mol. The summed E-state index contributed by atoms with van der Waals surface area (Å²) in [4.78, 5) is 17.6. The quantitative estimate of drug-likeness (QED) is 0.366. The van der Waals surface area contributed by atoms with Gasteiger partial charge in [0, 0.05) is 42.5 Å². The van der Waals surface area contributed by atoms with Crippen LogP contribution >= 0.6 is 11.6 Å². The first kappa shape index (κ1) is 26.2. The van der Waals surface area contributed by atoms with Crippen molar-refractivity contribution in [1.29, 1.82) is 0 Å². The summed E-state index contributed by atoms with van der Waals surface area (Å²) >= 11 is 6.00. The molecule has 0 aliphatic carbocycles. The third kappa shape index (κ3) is 6.29. The van der Waals surface area contributed by atoms with Crippen molar-refractivity contribution in [1.82, 2.24) is 4.90 Å². The van der Waals surface area contributed by atoms with Crippen LogP contribution in [-0.2, 0) is 22.0 Å². The third-order valence-corrected chi connectivity index (χ3v) is 8.69. The number of aryl methyl sites for hydroxylation is 2. The van der Waals surface area contributed by atoms with Crippen LogP contribution in [0.2, 0.25) is 5.02 Å². The van der Waals surface area contributed by atoms with E-state index < -0.39 is 9.84 Å². The average molecular weight is 525 g/mol. The standard InChI is InChI=1S/C29H33ClN2O3S/c1-3-4-5-23-7-9-24(10-8-23)21-36(34,35)27-15-6-22(2)28(20-27)29(33)32-18-16-31(17-19-32)26-13-11-25(30)12-14-26/h6-15,20H,3-5,16-19,21H2,1-2H3. The topological polar surface area (TPSA) is 57.7 Å². The van der Waals surface area contributed by atoms with E-state index in [2.05, 4.69) is 11.8 Å². The summed E-state index contributed by atoms with van der Waals surface area (Å²) in [5, 5.41) is 0.696. The molecule has 0 spiro atoms. The Bertz CT molecular complexity index is 1300. The first-order valence-corrected chi connectivity index (χ1v) is 14.5. The van der Waals surface area contributed by atoms with Crippen molar-refractivity contribution in [2.75, 3.05) is 31.1 Å². The number of rotatable bonds is 8. The molecule has 0 unspecified atom stereocenters. The molecular formula is C29H33ClN2O3S. The number of hydrogen-bond donors (Lipinski definition) is 0. The van der Waals surface area contributed by atoms with E-state index in [1.807, 2.05) is 55.5 Å². The lowest BCUT2D eigenvalue weighted by Gasteiger charge is -2.36. The second-order valence-electron chi connectivity index (χ2n) is 9.41. The van der Waals surface area contributed by atoms with Crippen molar-refractivity contribution in [3.05, 3.63) is 94.0 Å². The molecule has 3 aromatic carbocycles. The average Bonchev–Trinajstić information content (AvgIpc) is 2.88. The number of halogens is 1. The molecule has 5 nitrogen and oxygen atoms in total. The number of unbranched alkanes of at least 4 members (excludes halogenated alkanes) is 1. The van der Waals surface area contributed by atoms with Gasteiger partial charge in [0.1, 0.15) is 0 Å². The number of carbonyl (C=O) groups is 1. The van der Waals surface area contributed by atoms with Crippen molar-refractivity contribution in [2.24, 2.45) is 0 Å². The summed E-state index contributed by atoms with van der Waals surface area (Å²) in [7, 11) is -3.58. The van der Waals surface area contributed by atoms with Gasteiger partial charge in [-0.3, -0.25) is 4.79 Å². The summed E-state index contributed by atoms with van der Waals surface area (Å²) in [6.45, 7) is 6.56. The lowest BCUT2D eigenvalue weighted by Crippen LogP contribution is -2.49. The second kappa shape index (κ2) is 11.5. The van der Waals surface area contributed by atoms with Crippen LogP contribution in [0.25, 0.3) is 0 Å². The van der Waals surface area contributed by atoms with Gasteiger partial charge < -0.3 is 9.80 Å². The molecule has 1 amide bonds. The maximum absolute atomic E-state index is 13.4. The highest BCUT2D eigenvalue weighted by Crippen LogP contribution is 2.24. The Labute approximate surface area is 219 Å². The van der Waals surface area contributed by atoms with Crippen molar-refractivity contribution < 1.29 is 13.2 Å². The Morgan fingerprint density at radius 2 is 1.53 bits per heavy atom. The SMILES string of the molecule is CCCCc1ccc(CS(=O)(=O)c2ccc(C)c(C(=O)N3CCN(c4ccc(Cl)cc4)CC3)c2)cc1. The zero-order chi connectivity index (χ0) is 25.7. The molecule has 0 N–H and O–H groups in total. The Morgan fingerprint density at radius 1 is 0.889 bits per heavy atom. The van der Waals surface area contributed by atoms with Crippen LogP contribution in [0.1, 0.15) is 46.8 Å². The molecule has 4 rings (SSSR count). The van der Waals surface area contributed by atoms with Crippen molar-refractivity contribution in [2.45, 2.75) is 43.8 Å². The minimum Gasteiger partial charge on any atom is -0.368 e. The maximum atomic E-state index is 13.4. The number of anilines is 1. The van der Waals surface area contributed by atoms with Gasteiger partial charge in [0.2, 0.25) is 0 Å². The number of carbonyl (C=O) groups excluding carboxylic acids is 1. The van der Waals surface area contributed by atoms with Crippen LogP contribution in [0, 0.1) is 6.92 Å². The molecule has 1 aliphatic heterocycles. The van der Waals surface area contributed by atoms with Crippen LogP contribution in [0.4, 0.5) is 5.69 Å². The summed E-state index contributed by atoms with van der Waals surface area (Å²) in [5.41, 5.74) is 4.28. The van der Waals surface area contributed by atoms with E-state index in [1.165, 1.54) is 5.56 Å². The maximum Gasteiger partial charge on any atom is 0.254 e. The minimum absolute atomic E-state index is 0.0858. The first-order valence-electron chi connectivity index (χ1n) is 12.5. The first-order chi connectivity index (χ1) is 17.3. The van der Waals surface area contributed by atoms with Crippen molar-refractivity contribution in [3.8, 4) is 0 Å². The number of sulfone groups is 1. The van der Waals surface area contributed by atoms with E-state index in [-0.39, 0.29) is 16.6 Å². The second-order valence-corrected chi connectivity index (χ2v) is 11.8. The summed E-state index contributed by atoms with van der Waals surface area (Å²) in [6.07, 6.45) is 3.25. The van der Waals surface area contributed by atoms with Crippen LogP contribution in [0.5, 0.6) is 0 Å². The predicted molar refractivity (Wildman–Crippen MR) is 147 cm³/mol. The molecule has 1 heterocycles. The largest absolute Gasteiger partial charge is 0.368 e.